The van der Waals surface area contributed by atoms with Gasteiger partial charge in [-0.1, -0.05) is 25.4 Å². The van der Waals surface area contributed by atoms with Crippen LogP contribution < -0.4 is 5.56 Å². The Morgan fingerprint density at radius 1 is 1.42 bits per heavy atom. The average Bonchev–Trinajstić information content (AvgIpc) is 2.95. The third kappa shape index (κ3) is 3.10. The molecule has 0 atom stereocenters. The molecule has 1 N–H and O–H groups in total. The minimum atomic E-state index is -0.609. The number of aromatic amines is 1. The van der Waals surface area contributed by atoms with Gasteiger partial charge in [0.1, 0.15) is 11.3 Å². The summed E-state index contributed by atoms with van der Waals surface area (Å²) in [4.78, 5) is 27.5. The summed E-state index contributed by atoms with van der Waals surface area (Å²) in [6.45, 7) is 5.65. The summed E-state index contributed by atoms with van der Waals surface area (Å²) in [5.74, 6) is -1.21. The van der Waals surface area contributed by atoms with E-state index < -0.39 is 17.3 Å². The highest BCUT2D eigenvalue weighted by Gasteiger charge is 2.24. The molecule has 2 heterocycles. The molecule has 26 heavy (non-hydrogen) atoms. The zero-order valence-corrected chi connectivity index (χ0v) is 15.2. The SMILES string of the molecule is CCOC(=O)c1cn2nc(-c3ccc(Cl)cc3F)[nH]c(=O)c2c1C(C)C. The van der Waals surface area contributed by atoms with E-state index in [-0.39, 0.29) is 40.0 Å². The number of fused-ring (bicyclic) bond motifs is 1. The predicted molar refractivity (Wildman–Crippen MR) is 96.3 cm³/mol. The van der Waals surface area contributed by atoms with Gasteiger partial charge in [0.05, 0.1) is 17.7 Å². The van der Waals surface area contributed by atoms with Crippen LogP contribution in [0.15, 0.2) is 29.2 Å². The molecule has 3 aromatic rings. The number of rotatable bonds is 4. The second kappa shape index (κ2) is 6.92. The van der Waals surface area contributed by atoms with Crippen LogP contribution in [-0.2, 0) is 4.74 Å². The Kier molecular flexibility index (Phi) is 4.82. The molecule has 6 nitrogen and oxygen atoms in total. The van der Waals surface area contributed by atoms with Gasteiger partial charge in [0.25, 0.3) is 5.56 Å². The number of nitrogens with one attached hydrogen (secondary N) is 1. The Hall–Kier alpha value is -2.67. The molecule has 0 amide bonds. The van der Waals surface area contributed by atoms with Crippen LogP contribution >= 0.6 is 11.6 Å². The molecule has 0 saturated carbocycles. The maximum Gasteiger partial charge on any atom is 0.340 e. The molecule has 0 radical (unpaired) electrons. The third-order valence-corrected chi connectivity index (χ3v) is 4.17. The van der Waals surface area contributed by atoms with Crippen LogP contribution in [-0.4, -0.2) is 27.2 Å². The van der Waals surface area contributed by atoms with Crippen LogP contribution in [0.1, 0.15) is 42.6 Å². The topological polar surface area (TPSA) is 76.5 Å². The summed E-state index contributed by atoms with van der Waals surface area (Å²) >= 11 is 5.77. The standard InChI is InChI=1S/C18H17ClFN3O3/c1-4-26-18(25)12-8-23-15(14(12)9(2)3)17(24)21-16(22-23)11-6-5-10(19)7-13(11)20/h5-9H,4H2,1-3H3,(H,21,22,24). The van der Waals surface area contributed by atoms with E-state index in [4.69, 9.17) is 16.3 Å². The van der Waals surface area contributed by atoms with E-state index in [2.05, 4.69) is 10.1 Å². The van der Waals surface area contributed by atoms with Crippen molar-refractivity contribution in [3.05, 3.63) is 56.7 Å². The normalized spacial score (nSPS) is 11.3. The molecule has 0 fully saturated rings. The monoisotopic (exact) mass is 377 g/mol. The third-order valence-electron chi connectivity index (χ3n) is 3.94. The first kappa shape index (κ1) is 18.1. The van der Waals surface area contributed by atoms with Crippen LogP contribution in [0.2, 0.25) is 5.02 Å². The van der Waals surface area contributed by atoms with Crippen molar-refractivity contribution in [3.8, 4) is 11.4 Å². The van der Waals surface area contributed by atoms with E-state index >= 15 is 0 Å². The molecule has 0 aliphatic carbocycles. The van der Waals surface area contributed by atoms with Crippen molar-refractivity contribution in [1.29, 1.82) is 0 Å². The fourth-order valence-electron chi connectivity index (χ4n) is 2.87. The second-order valence-electron chi connectivity index (χ2n) is 6.05. The van der Waals surface area contributed by atoms with Gasteiger partial charge in [-0.15, -0.1) is 5.10 Å². The number of halogens is 2. The number of hydrogen-bond acceptors (Lipinski definition) is 4. The Balaban J connectivity index is 2.26. The van der Waals surface area contributed by atoms with Gasteiger partial charge in [-0.3, -0.25) is 4.79 Å². The van der Waals surface area contributed by atoms with E-state index in [9.17, 15) is 14.0 Å². The van der Waals surface area contributed by atoms with Crippen LogP contribution in [0.5, 0.6) is 0 Å². The van der Waals surface area contributed by atoms with Crippen molar-refractivity contribution in [2.75, 3.05) is 6.61 Å². The van der Waals surface area contributed by atoms with Crippen LogP contribution in [0.4, 0.5) is 4.39 Å². The summed E-state index contributed by atoms with van der Waals surface area (Å²) < 4.78 is 20.5. The summed E-state index contributed by atoms with van der Waals surface area (Å²) in [7, 11) is 0. The van der Waals surface area contributed by atoms with Gasteiger partial charge in [0.2, 0.25) is 0 Å². The molecule has 2 aromatic heterocycles. The van der Waals surface area contributed by atoms with E-state index in [1.165, 1.54) is 22.8 Å². The molecule has 0 unspecified atom stereocenters. The zero-order valence-electron chi connectivity index (χ0n) is 14.5. The number of carbonyl (C=O) groups is 1. The second-order valence-corrected chi connectivity index (χ2v) is 6.49. The maximum atomic E-state index is 14.2. The summed E-state index contributed by atoms with van der Waals surface area (Å²) in [5.41, 5.74) is 0.685. The minimum Gasteiger partial charge on any atom is -0.462 e. The molecule has 0 aliphatic heterocycles. The lowest BCUT2D eigenvalue weighted by atomic mass is 10.0. The van der Waals surface area contributed by atoms with Gasteiger partial charge in [-0.2, -0.15) is 0 Å². The lowest BCUT2D eigenvalue weighted by Crippen LogP contribution is -2.15. The Morgan fingerprint density at radius 2 is 2.15 bits per heavy atom. The lowest BCUT2D eigenvalue weighted by Gasteiger charge is -2.08. The number of carbonyl (C=O) groups excluding carboxylic acids is 1. The summed E-state index contributed by atoms with van der Waals surface area (Å²) in [5, 5.41) is 4.51. The van der Waals surface area contributed by atoms with Gasteiger partial charge < -0.3 is 9.72 Å². The molecule has 8 heteroatoms. The van der Waals surface area contributed by atoms with E-state index in [1.54, 1.807) is 6.92 Å². The highest BCUT2D eigenvalue weighted by Crippen LogP contribution is 2.27. The number of H-pyrrole nitrogens is 1. The number of hydrogen-bond donors (Lipinski definition) is 1. The highest BCUT2D eigenvalue weighted by molar-refractivity contribution is 6.30. The molecule has 0 saturated heterocycles. The van der Waals surface area contributed by atoms with Crippen molar-refractivity contribution in [2.45, 2.75) is 26.7 Å². The zero-order chi connectivity index (χ0) is 19.0. The number of benzene rings is 1. The smallest absolute Gasteiger partial charge is 0.340 e. The van der Waals surface area contributed by atoms with Crippen molar-refractivity contribution in [1.82, 2.24) is 14.6 Å². The van der Waals surface area contributed by atoms with Crippen LogP contribution in [0.25, 0.3) is 16.9 Å². The Labute approximate surface area is 153 Å². The Bertz CT molecular complexity index is 1060. The van der Waals surface area contributed by atoms with E-state index in [0.717, 1.165) is 6.07 Å². The number of ether oxygens (including phenoxy) is 1. The first-order valence-electron chi connectivity index (χ1n) is 8.11. The van der Waals surface area contributed by atoms with Crippen LogP contribution in [0, 0.1) is 5.82 Å². The summed E-state index contributed by atoms with van der Waals surface area (Å²) in [6.07, 6.45) is 1.44. The van der Waals surface area contributed by atoms with E-state index in [1.807, 2.05) is 13.8 Å². The predicted octanol–water partition coefficient (Wildman–Crippen LogP) is 3.78. The fraction of sp³-hybridized carbons (Fsp3) is 0.278. The molecule has 3 rings (SSSR count). The number of nitrogens with zero attached hydrogens (tertiary/aromatic N) is 2. The average molecular weight is 378 g/mol. The summed E-state index contributed by atoms with van der Waals surface area (Å²) in [6, 6.07) is 4.07. The fourth-order valence-corrected chi connectivity index (χ4v) is 3.03. The van der Waals surface area contributed by atoms with Crippen molar-refractivity contribution in [2.24, 2.45) is 0 Å². The molecule has 136 valence electrons. The minimum absolute atomic E-state index is 0.0392. The molecular formula is C18H17ClFN3O3. The molecule has 0 aliphatic rings. The maximum absolute atomic E-state index is 14.2. The van der Waals surface area contributed by atoms with E-state index in [0.29, 0.717) is 5.56 Å². The molecule has 0 spiro atoms. The number of esters is 1. The molecular weight excluding hydrogens is 361 g/mol. The number of aromatic nitrogens is 3. The van der Waals surface area contributed by atoms with Gasteiger partial charge in [0.15, 0.2) is 5.82 Å². The van der Waals surface area contributed by atoms with Crippen molar-refractivity contribution in [3.63, 3.8) is 0 Å². The Morgan fingerprint density at radius 3 is 2.77 bits per heavy atom. The largest absolute Gasteiger partial charge is 0.462 e. The first-order chi connectivity index (χ1) is 12.3. The van der Waals surface area contributed by atoms with Gasteiger partial charge in [-0.25, -0.2) is 13.7 Å². The first-order valence-corrected chi connectivity index (χ1v) is 8.49. The van der Waals surface area contributed by atoms with Crippen molar-refractivity contribution >= 4 is 23.1 Å². The molecule has 0 bridgehead atoms. The van der Waals surface area contributed by atoms with Gasteiger partial charge >= 0.3 is 5.97 Å². The quantitative estimate of drug-likeness (QED) is 0.702. The highest BCUT2D eigenvalue weighted by atomic mass is 35.5. The van der Waals surface area contributed by atoms with Crippen LogP contribution in [0.3, 0.4) is 0 Å². The van der Waals surface area contributed by atoms with Gasteiger partial charge in [-0.05, 0) is 31.0 Å². The van der Waals surface area contributed by atoms with Crippen molar-refractivity contribution < 1.29 is 13.9 Å². The molecule has 1 aromatic carbocycles. The van der Waals surface area contributed by atoms with Gasteiger partial charge in [0, 0.05) is 16.8 Å². The lowest BCUT2D eigenvalue weighted by molar-refractivity contribution is 0.0525.